The van der Waals surface area contributed by atoms with E-state index in [-0.39, 0.29) is 5.91 Å². The van der Waals surface area contributed by atoms with Crippen LogP contribution < -0.4 is 5.73 Å². The number of aromatic amines is 1. The minimum atomic E-state index is -0.0350. The number of nitrogen functional groups attached to an aromatic ring is 1. The Kier molecular flexibility index (Phi) is 4.09. The largest absolute Gasteiger partial charge is 0.382 e. The van der Waals surface area contributed by atoms with Crippen molar-refractivity contribution in [2.75, 3.05) is 25.9 Å². The Morgan fingerprint density at radius 1 is 1.53 bits per heavy atom. The first kappa shape index (κ1) is 13.9. The molecule has 1 aliphatic rings. The molecule has 3 N–H and O–H groups in total. The molecule has 2 rings (SSSR count). The van der Waals surface area contributed by atoms with Crippen LogP contribution in [0.5, 0.6) is 0 Å². The summed E-state index contributed by atoms with van der Waals surface area (Å²) in [4.78, 5) is 16.5. The van der Waals surface area contributed by atoms with Crippen molar-refractivity contribution in [2.24, 2.45) is 0 Å². The predicted molar refractivity (Wildman–Crippen MR) is 74.8 cm³/mol. The van der Waals surface area contributed by atoms with Gasteiger partial charge in [0.25, 0.3) is 5.91 Å². The fourth-order valence-electron chi connectivity index (χ4n) is 2.59. The standard InChI is InChI=1S/C13H23N5O/c1-9(2)18-6-4-10(5-7-18)17(3)13(19)11-8-12(14)16-15-11/h8-10H,4-7H2,1-3H3,(H3,14,15,16). The third-order valence-corrected chi connectivity index (χ3v) is 3.93. The average Bonchev–Trinajstić information content (AvgIpc) is 2.84. The molecule has 6 heteroatoms. The first-order valence-electron chi connectivity index (χ1n) is 6.81. The third kappa shape index (κ3) is 3.07. The van der Waals surface area contributed by atoms with E-state index >= 15 is 0 Å². The summed E-state index contributed by atoms with van der Waals surface area (Å²) in [7, 11) is 1.86. The third-order valence-electron chi connectivity index (χ3n) is 3.93. The molecule has 0 spiro atoms. The number of nitrogens with two attached hydrogens (primary N) is 1. The molecule has 19 heavy (non-hydrogen) atoms. The smallest absolute Gasteiger partial charge is 0.271 e. The van der Waals surface area contributed by atoms with Crippen molar-refractivity contribution in [1.82, 2.24) is 20.0 Å². The number of nitrogens with zero attached hydrogens (tertiary/aromatic N) is 3. The lowest BCUT2D eigenvalue weighted by Gasteiger charge is -2.38. The molecular formula is C13H23N5O. The predicted octanol–water partition coefficient (Wildman–Crippen LogP) is 0.937. The van der Waals surface area contributed by atoms with Crippen LogP contribution in [-0.4, -0.2) is 58.1 Å². The van der Waals surface area contributed by atoms with Crippen molar-refractivity contribution in [3.63, 3.8) is 0 Å². The zero-order chi connectivity index (χ0) is 14.0. The summed E-state index contributed by atoms with van der Waals surface area (Å²) in [5, 5.41) is 6.47. The van der Waals surface area contributed by atoms with Gasteiger partial charge in [-0.25, -0.2) is 0 Å². The lowest BCUT2D eigenvalue weighted by atomic mass is 10.0. The molecule has 1 aliphatic heterocycles. The van der Waals surface area contributed by atoms with Crippen molar-refractivity contribution >= 4 is 11.7 Å². The number of amides is 1. The van der Waals surface area contributed by atoms with Gasteiger partial charge in [-0.05, 0) is 26.7 Å². The van der Waals surface area contributed by atoms with Crippen LogP contribution in [0, 0.1) is 0 Å². The van der Waals surface area contributed by atoms with Crippen molar-refractivity contribution in [2.45, 2.75) is 38.8 Å². The van der Waals surface area contributed by atoms with Gasteiger partial charge in [0.15, 0.2) is 0 Å². The topological polar surface area (TPSA) is 78.2 Å². The summed E-state index contributed by atoms with van der Waals surface area (Å²) < 4.78 is 0. The van der Waals surface area contributed by atoms with E-state index in [1.807, 2.05) is 11.9 Å². The molecule has 0 bridgehead atoms. The highest BCUT2D eigenvalue weighted by molar-refractivity contribution is 5.93. The Hall–Kier alpha value is -1.56. The maximum absolute atomic E-state index is 12.3. The fourth-order valence-corrected chi connectivity index (χ4v) is 2.59. The average molecular weight is 265 g/mol. The molecule has 2 heterocycles. The van der Waals surface area contributed by atoms with Gasteiger partial charge >= 0.3 is 0 Å². The van der Waals surface area contributed by atoms with Gasteiger partial charge in [-0.2, -0.15) is 5.10 Å². The highest BCUT2D eigenvalue weighted by atomic mass is 16.2. The molecule has 1 aromatic rings. The van der Waals surface area contributed by atoms with E-state index in [4.69, 9.17) is 5.73 Å². The Bertz CT molecular complexity index is 434. The van der Waals surface area contributed by atoms with Crippen molar-refractivity contribution in [3.8, 4) is 0 Å². The van der Waals surface area contributed by atoms with E-state index in [1.54, 1.807) is 6.07 Å². The number of carbonyl (C=O) groups is 1. The van der Waals surface area contributed by atoms with Crippen molar-refractivity contribution in [1.29, 1.82) is 0 Å². The number of rotatable bonds is 3. The van der Waals surface area contributed by atoms with Crippen molar-refractivity contribution < 1.29 is 4.79 Å². The quantitative estimate of drug-likeness (QED) is 0.852. The van der Waals surface area contributed by atoms with E-state index in [9.17, 15) is 4.79 Å². The Morgan fingerprint density at radius 3 is 2.63 bits per heavy atom. The maximum atomic E-state index is 12.3. The summed E-state index contributed by atoms with van der Waals surface area (Å²) in [5.74, 6) is 0.318. The van der Waals surface area contributed by atoms with Gasteiger partial charge in [0.2, 0.25) is 0 Å². The minimum absolute atomic E-state index is 0.0350. The molecule has 0 radical (unpaired) electrons. The van der Waals surface area contributed by atoms with Crippen LogP contribution in [0.2, 0.25) is 0 Å². The zero-order valence-corrected chi connectivity index (χ0v) is 11.9. The first-order valence-corrected chi connectivity index (χ1v) is 6.81. The Labute approximate surface area is 113 Å². The molecule has 1 saturated heterocycles. The molecule has 106 valence electrons. The number of carbonyl (C=O) groups excluding carboxylic acids is 1. The van der Waals surface area contributed by atoms with E-state index < -0.39 is 0 Å². The Morgan fingerprint density at radius 2 is 2.16 bits per heavy atom. The van der Waals surface area contributed by atoms with E-state index in [1.165, 1.54) is 0 Å². The van der Waals surface area contributed by atoms with Gasteiger partial charge < -0.3 is 15.5 Å². The monoisotopic (exact) mass is 265 g/mol. The van der Waals surface area contributed by atoms with Crippen LogP contribution in [0.15, 0.2) is 6.07 Å². The molecule has 0 aliphatic carbocycles. The lowest BCUT2D eigenvalue weighted by molar-refractivity contribution is 0.0610. The molecule has 0 aromatic carbocycles. The summed E-state index contributed by atoms with van der Waals surface area (Å²) in [6.07, 6.45) is 2.04. The molecule has 0 atom stereocenters. The maximum Gasteiger partial charge on any atom is 0.271 e. The van der Waals surface area contributed by atoms with Gasteiger partial charge in [-0.15, -0.1) is 0 Å². The molecule has 0 unspecified atom stereocenters. The number of hydrogen-bond acceptors (Lipinski definition) is 4. The van der Waals surface area contributed by atoms with Crippen LogP contribution in [0.1, 0.15) is 37.2 Å². The number of aromatic nitrogens is 2. The van der Waals surface area contributed by atoms with E-state index in [2.05, 4.69) is 28.9 Å². The molecule has 0 saturated carbocycles. The molecule has 6 nitrogen and oxygen atoms in total. The summed E-state index contributed by atoms with van der Waals surface area (Å²) in [6.45, 7) is 6.52. The molecule has 1 fully saturated rings. The highest BCUT2D eigenvalue weighted by Crippen LogP contribution is 2.18. The van der Waals surface area contributed by atoms with Gasteiger partial charge in [-0.1, -0.05) is 0 Å². The van der Waals surface area contributed by atoms with Gasteiger partial charge in [0.1, 0.15) is 11.5 Å². The number of hydrogen-bond donors (Lipinski definition) is 2. The summed E-state index contributed by atoms with van der Waals surface area (Å²) in [5.41, 5.74) is 5.99. The van der Waals surface area contributed by atoms with E-state index in [0.717, 1.165) is 25.9 Å². The minimum Gasteiger partial charge on any atom is -0.382 e. The molecular weight excluding hydrogens is 242 g/mol. The number of H-pyrrole nitrogens is 1. The van der Waals surface area contributed by atoms with E-state index in [0.29, 0.717) is 23.6 Å². The summed E-state index contributed by atoms with van der Waals surface area (Å²) >= 11 is 0. The number of nitrogens with one attached hydrogen (secondary N) is 1. The normalized spacial score (nSPS) is 17.9. The number of likely N-dealkylation sites (tertiary alicyclic amines) is 1. The first-order chi connectivity index (χ1) is 8.99. The van der Waals surface area contributed by atoms with Crippen molar-refractivity contribution in [3.05, 3.63) is 11.8 Å². The fraction of sp³-hybridized carbons (Fsp3) is 0.692. The SMILES string of the molecule is CC(C)N1CCC(N(C)C(=O)c2cc(N)n[nH]2)CC1. The van der Waals surface area contributed by atoms with Crippen LogP contribution in [0.25, 0.3) is 0 Å². The van der Waals surface area contributed by atoms with Crippen LogP contribution >= 0.6 is 0 Å². The second kappa shape index (κ2) is 5.61. The lowest BCUT2D eigenvalue weighted by Crippen LogP contribution is -2.47. The Balaban J connectivity index is 1.94. The zero-order valence-electron chi connectivity index (χ0n) is 11.9. The summed E-state index contributed by atoms with van der Waals surface area (Å²) in [6, 6.07) is 2.46. The highest BCUT2D eigenvalue weighted by Gasteiger charge is 2.27. The van der Waals surface area contributed by atoms with Gasteiger partial charge in [-0.3, -0.25) is 9.89 Å². The number of anilines is 1. The van der Waals surface area contributed by atoms with Crippen LogP contribution in [-0.2, 0) is 0 Å². The van der Waals surface area contributed by atoms with Gasteiger partial charge in [0, 0.05) is 38.3 Å². The second-order valence-electron chi connectivity index (χ2n) is 5.48. The van der Waals surface area contributed by atoms with Gasteiger partial charge in [0.05, 0.1) is 0 Å². The molecule has 1 amide bonds. The second-order valence-corrected chi connectivity index (χ2v) is 5.48. The molecule has 1 aromatic heterocycles. The van der Waals surface area contributed by atoms with Crippen LogP contribution in [0.3, 0.4) is 0 Å². The van der Waals surface area contributed by atoms with Crippen LogP contribution in [0.4, 0.5) is 5.82 Å². The number of piperidine rings is 1.